The summed E-state index contributed by atoms with van der Waals surface area (Å²) >= 11 is 9.99. The van der Waals surface area contributed by atoms with Gasteiger partial charge < -0.3 is 9.73 Å². The zero-order valence-corrected chi connectivity index (χ0v) is 20.1. The van der Waals surface area contributed by atoms with Crippen molar-refractivity contribution in [1.29, 1.82) is 0 Å². The number of carbonyl (C=O) groups is 3. The van der Waals surface area contributed by atoms with Crippen molar-refractivity contribution >= 4 is 73.8 Å². The highest BCUT2D eigenvalue weighted by Gasteiger charge is 2.36. The van der Waals surface area contributed by atoms with Crippen molar-refractivity contribution < 1.29 is 23.7 Å². The number of nitrogens with zero attached hydrogens (tertiary/aromatic N) is 2. The van der Waals surface area contributed by atoms with Gasteiger partial charge in [0.1, 0.15) is 18.1 Å². The van der Waals surface area contributed by atoms with Gasteiger partial charge in [0, 0.05) is 28.2 Å². The van der Waals surface area contributed by atoms with Crippen molar-refractivity contribution in [3.05, 3.63) is 84.9 Å². The van der Waals surface area contributed by atoms with Gasteiger partial charge in [-0.15, -0.1) is 0 Å². The van der Waals surface area contributed by atoms with E-state index in [2.05, 4.69) is 21.2 Å². The van der Waals surface area contributed by atoms with Crippen LogP contribution in [0.1, 0.15) is 5.76 Å². The molecule has 0 unspecified atom stereocenters. The number of nitro benzene ring substituents is 1. The second-order valence-electron chi connectivity index (χ2n) is 6.92. The number of halogens is 2. The van der Waals surface area contributed by atoms with E-state index in [9.17, 15) is 24.5 Å². The first-order chi connectivity index (χ1) is 16.2. The number of nitro groups is 1. The number of amides is 3. The number of furan rings is 1. The van der Waals surface area contributed by atoms with Crippen molar-refractivity contribution in [2.24, 2.45) is 0 Å². The summed E-state index contributed by atoms with van der Waals surface area (Å²) in [6.45, 7) is -0.466. The smallest absolute Gasteiger partial charge is 0.294 e. The molecule has 34 heavy (non-hydrogen) atoms. The molecular formula is C22H13BrClN3O6S. The highest BCUT2D eigenvalue weighted by molar-refractivity contribution is 9.10. The lowest BCUT2D eigenvalue weighted by Crippen LogP contribution is -2.36. The van der Waals surface area contributed by atoms with E-state index in [4.69, 9.17) is 16.0 Å². The minimum atomic E-state index is -0.626. The van der Waals surface area contributed by atoms with Crippen molar-refractivity contribution in [1.82, 2.24) is 4.90 Å². The second kappa shape index (κ2) is 9.84. The number of non-ortho nitro benzene ring substituents is 1. The summed E-state index contributed by atoms with van der Waals surface area (Å²) in [7, 11) is 0. The maximum atomic E-state index is 12.7. The molecule has 1 aliphatic heterocycles. The fourth-order valence-corrected chi connectivity index (χ4v) is 4.62. The monoisotopic (exact) mass is 561 g/mol. The quantitative estimate of drug-likeness (QED) is 0.224. The first kappa shape index (κ1) is 23.7. The molecule has 0 atom stereocenters. The SMILES string of the molecule is O=C(CN1C(=O)S/C(=C\c2ccc(-c3ccc([N+](=O)[O-])cc3Br)o2)C1=O)Nc1ccccc1Cl. The van der Waals surface area contributed by atoms with Crippen LogP contribution in [0.2, 0.25) is 5.02 Å². The topological polar surface area (TPSA) is 123 Å². The Hall–Kier alpha value is -3.41. The lowest BCUT2D eigenvalue weighted by molar-refractivity contribution is -0.384. The number of benzene rings is 2. The van der Waals surface area contributed by atoms with E-state index in [1.165, 1.54) is 24.3 Å². The van der Waals surface area contributed by atoms with Gasteiger partial charge in [0.15, 0.2) is 0 Å². The zero-order chi connectivity index (χ0) is 24.4. The Labute approximate surface area is 210 Å². The molecule has 4 rings (SSSR count). The molecule has 1 aromatic heterocycles. The average molecular weight is 563 g/mol. The van der Waals surface area contributed by atoms with Crippen LogP contribution in [0.15, 0.2) is 68.4 Å². The molecular weight excluding hydrogens is 550 g/mol. The number of hydrogen-bond donors (Lipinski definition) is 1. The summed E-state index contributed by atoms with van der Waals surface area (Å²) < 4.78 is 6.20. The van der Waals surface area contributed by atoms with Gasteiger partial charge in [-0.25, -0.2) is 0 Å². The normalized spacial score (nSPS) is 14.6. The molecule has 0 aliphatic carbocycles. The molecule has 2 aromatic carbocycles. The summed E-state index contributed by atoms with van der Waals surface area (Å²) in [4.78, 5) is 48.7. The van der Waals surface area contributed by atoms with Crippen LogP contribution in [0.25, 0.3) is 17.4 Å². The van der Waals surface area contributed by atoms with Gasteiger partial charge in [-0.2, -0.15) is 0 Å². The molecule has 1 saturated heterocycles. The summed E-state index contributed by atoms with van der Waals surface area (Å²) in [6, 6.07) is 14.1. The molecule has 3 aromatic rings. The third-order valence-corrected chi connectivity index (χ3v) is 6.55. The molecule has 3 amide bonds. The summed E-state index contributed by atoms with van der Waals surface area (Å²) in [6.07, 6.45) is 1.40. The fraction of sp³-hybridized carbons (Fsp3) is 0.0455. The van der Waals surface area contributed by atoms with Crippen LogP contribution in [0.3, 0.4) is 0 Å². The predicted molar refractivity (Wildman–Crippen MR) is 131 cm³/mol. The third-order valence-electron chi connectivity index (χ3n) is 4.65. The minimum absolute atomic E-state index is 0.0744. The third kappa shape index (κ3) is 5.06. The lowest BCUT2D eigenvalue weighted by Gasteiger charge is -2.13. The average Bonchev–Trinajstić information content (AvgIpc) is 3.35. The van der Waals surface area contributed by atoms with Crippen LogP contribution in [-0.4, -0.2) is 33.4 Å². The first-order valence-electron chi connectivity index (χ1n) is 9.57. The maximum absolute atomic E-state index is 12.7. The largest absolute Gasteiger partial charge is 0.457 e. The highest BCUT2D eigenvalue weighted by atomic mass is 79.9. The number of thioether (sulfide) groups is 1. The Morgan fingerprint density at radius 2 is 1.97 bits per heavy atom. The van der Waals surface area contributed by atoms with E-state index in [-0.39, 0.29) is 10.6 Å². The molecule has 1 fully saturated rings. The number of carbonyl (C=O) groups excluding carboxylic acids is 3. The van der Waals surface area contributed by atoms with E-state index >= 15 is 0 Å². The Balaban J connectivity index is 1.47. The number of anilines is 1. The molecule has 0 spiro atoms. The molecule has 2 heterocycles. The first-order valence-corrected chi connectivity index (χ1v) is 11.6. The predicted octanol–water partition coefficient (Wildman–Crippen LogP) is 5.95. The van der Waals surface area contributed by atoms with Crippen LogP contribution >= 0.6 is 39.3 Å². The van der Waals surface area contributed by atoms with E-state index in [0.717, 1.165) is 4.90 Å². The summed E-state index contributed by atoms with van der Waals surface area (Å²) in [5.74, 6) is -0.489. The number of hydrogen-bond acceptors (Lipinski definition) is 7. The van der Waals surface area contributed by atoms with Crippen molar-refractivity contribution in [2.75, 3.05) is 11.9 Å². The Morgan fingerprint density at radius 3 is 2.68 bits per heavy atom. The van der Waals surface area contributed by atoms with E-state index in [0.29, 0.717) is 44.0 Å². The second-order valence-corrected chi connectivity index (χ2v) is 9.17. The number of rotatable bonds is 6. The fourth-order valence-electron chi connectivity index (χ4n) is 3.05. The molecule has 0 radical (unpaired) electrons. The van der Waals surface area contributed by atoms with Crippen LogP contribution < -0.4 is 5.32 Å². The molecule has 172 valence electrons. The maximum Gasteiger partial charge on any atom is 0.294 e. The zero-order valence-electron chi connectivity index (χ0n) is 17.0. The highest BCUT2D eigenvalue weighted by Crippen LogP contribution is 2.35. The van der Waals surface area contributed by atoms with Gasteiger partial charge in [0.25, 0.3) is 16.8 Å². The van der Waals surface area contributed by atoms with Crippen molar-refractivity contribution in [3.63, 3.8) is 0 Å². The molecule has 0 bridgehead atoms. The summed E-state index contributed by atoms with van der Waals surface area (Å²) in [5.41, 5.74) is 0.876. The Kier molecular flexibility index (Phi) is 6.87. The molecule has 9 nitrogen and oxygen atoms in total. The van der Waals surface area contributed by atoms with E-state index < -0.39 is 28.5 Å². The molecule has 1 N–H and O–H groups in total. The minimum Gasteiger partial charge on any atom is -0.457 e. The van der Waals surface area contributed by atoms with Crippen LogP contribution in [0.5, 0.6) is 0 Å². The van der Waals surface area contributed by atoms with Crippen LogP contribution in [-0.2, 0) is 9.59 Å². The Morgan fingerprint density at radius 1 is 1.21 bits per heavy atom. The number of nitrogens with one attached hydrogen (secondary N) is 1. The van der Waals surface area contributed by atoms with Crippen molar-refractivity contribution in [2.45, 2.75) is 0 Å². The van der Waals surface area contributed by atoms with Crippen molar-refractivity contribution in [3.8, 4) is 11.3 Å². The van der Waals surface area contributed by atoms with Gasteiger partial charge in [0.2, 0.25) is 5.91 Å². The van der Waals surface area contributed by atoms with E-state index in [1.807, 2.05) is 0 Å². The molecule has 12 heteroatoms. The van der Waals surface area contributed by atoms with Crippen LogP contribution in [0, 0.1) is 10.1 Å². The van der Waals surface area contributed by atoms with E-state index in [1.54, 1.807) is 36.4 Å². The van der Waals surface area contributed by atoms with Gasteiger partial charge in [-0.05, 0) is 58.0 Å². The van der Waals surface area contributed by atoms with Gasteiger partial charge in [-0.1, -0.05) is 23.7 Å². The molecule has 0 saturated carbocycles. The molecule has 1 aliphatic rings. The number of imide groups is 1. The van der Waals surface area contributed by atoms with Gasteiger partial charge in [-0.3, -0.25) is 29.4 Å². The number of para-hydroxylation sites is 1. The lowest BCUT2D eigenvalue weighted by atomic mass is 10.1. The van der Waals surface area contributed by atoms with Gasteiger partial charge >= 0.3 is 0 Å². The summed E-state index contributed by atoms with van der Waals surface area (Å²) in [5, 5.41) is 13.2. The standard InChI is InChI=1S/C22H13BrClN3O6S/c23-15-9-12(27(31)32)5-7-14(15)18-8-6-13(33-18)10-19-21(29)26(22(30)34-19)11-20(28)25-17-4-2-1-3-16(17)24/h1-10H,11H2,(H,25,28)/b19-10-. The van der Waals surface area contributed by atoms with Crippen LogP contribution in [0.4, 0.5) is 16.2 Å². The Bertz CT molecular complexity index is 1370. The van der Waals surface area contributed by atoms with Gasteiger partial charge in [0.05, 0.1) is 20.5 Å².